The average Bonchev–Trinajstić information content (AvgIpc) is 3.02. The molecule has 0 aliphatic carbocycles. The summed E-state index contributed by atoms with van der Waals surface area (Å²) in [6.07, 6.45) is 2.82. The number of amides is 1. The number of rotatable bonds is 7. The highest BCUT2D eigenvalue weighted by atomic mass is 32.2. The van der Waals surface area contributed by atoms with Crippen LogP contribution in [0.2, 0.25) is 0 Å². The number of H-pyrrole nitrogens is 1. The lowest BCUT2D eigenvalue weighted by molar-refractivity contribution is -0.122. The molecule has 1 aromatic heterocycles. The van der Waals surface area contributed by atoms with Crippen LogP contribution in [0.4, 0.5) is 0 Å². The summed E-state index contributed by atoms with van der Waals surface area (Å²) in [4.78, 5) is 12.8. The first-order valence-electron chi connectivity index (χ1n) is 9.81. The predicted molar refractivity (Wildman–Crippen MR) is 113 cm³/mol. The molecule has 1 fully saturated rings. The van der Waals surface area contributed by atoms with E-state index in [4.69, 9.17) is 12.2 Å². The summed E-state index contributed by atoms with van der Waals surface area (Å²) in [7, 11) is -3.50. The summed E-state index contributed by atoms with van der Waals surface area (Å²) in [6, 6.07) is 6.82. The summed E-state index contributed by atoms with van der Waals surface area (Å²) < 4.78 is 29.2. The molecule has 2 heterocycles. The lowest BCUT2D eigenvalue weighted by Crippen LogP contribution is -2.47. The summed E-state index contributed by atoms with van der Waals surface area (Å²) in [5.74, 6) is 0.631. The van der Waals surface area contributed by atoms with E-state index in [1.807, 2.05) is 13.8 Å². The Bertz CT molecular complexity index is 1000. The Labute approximate surface area is 176 Å². The van der Waals surface area contributed by atoms with Crippen molar-refractivity contribution in [1.82, 2.24) is 24.4 Å². The van der Waals surface area contributed by atoms with Gasteiger partial charge in [0.25, 0.3) is 0 Å². The first-order chi connectivity index (χ1) is 13.8. The standard InChI is InChI=1S/C19H27N5O3S2/c1-3-4-17-21-22-19(28)24(17)13-18(25)20-15-9-11-23(12-10-15)29(26,27)16-7-5-14(2)6-8-16/h5-8,15H,3-4,9-13H2,1-2H3,(H,20,25)(H,22,28). The molecule has 2 N–H and O–H groups in total. The van der Waals surface area contributed by atoms with Gasteiger partial charge < -0.3 is 5.32 Å². The Balaban J connectivity index is 1.56. The number of nitrogens with one attached hydrogen (secondary N) is 2. The van der Waals surface area contributed by atoms with Gasteiger partial charge >= 0.3 is 0 Å². The van der Waals surface area contributed by atoms with Crippen LogP contribution in [0.25, 0.3) is 0 Å². The Morgan fingerprint density at radius 2 is 1.93 bits per heavy atom. The van der Waals surface area contributed by atoms with Gasteiger partial charge in [-0.2, -0.15) is 9.40 Å². The second kappa shape index (κ2) is 9.19. The molecule has 0 atom stereocenters. The van der Waals surface area contributed by atoms with Crippen molar-refractivity contribution in [2.24, 2.45) is 0 Å². The minimum Gasteiger partial charge on any atom is -0.352 e. The first kappa shape index (κ1) is 21.7. The van der Waals surface area contributed by atoms with Crippen LogP contribution >= 0.6 is 12.2 Å². The lowest BCUT2D eigenvalue weighted by Gasteiger charge is -2.31. The normalized spacial score (nSPS) is 16.1. The molecule has 3 rings (SSSR count). The number of carbonyl (C=O) groups is 1. The summed E-state index contributed by atoms with van der Waals surface area (Å²) in [6.45, 7) is 4.85. The lowest BCUT2D eigenvalue weighted by atomic mass is 10.1. The number of nitrogens with zero attached hydrogens (tertiary/aromatic N) is 3. The third-order valence-corrected chi connectivity index (χ3v) is 7.31. The molecule has 2 aromatic rings. The third-order valence-electron chi connectivity index (χ3n) is 5.09. The highest BCUT2D eigenvalue weighted by Gasteiger charge is 2.30. The smallest absolute Gasteiger partial charge is 0.243 e. The topological polar surface area (TPSA) is 100 Å². The number of hydrogen-bond acceptors (Lipinski definition) is 5. The summed E-state index contributed by atoms with van der Waals surface area (Å²) in [5.41, 5.74) is 1.02. The quantitative estimate of drug-likeness (QED) is 0.647. The number of piperidine rings is 1. The number of benzene rings is 1. The van der Waals surface area contributed by atoms with Gasteiger partial charge in [-0.05, 0) is 50.5 Å². The number of hydrogen-bond donors (Lipinski definition) is 2. The Morgan fingerprint density at radius 1 is 1.28 bits per heavy atom. The zero-order valence-electron chi connectivity index (χ0n) is 16.7. The van der Waals surface area contributed by atoms with Crippen LogP contribution in [0.3, 0.4) is 0 Å². The fourth-order valence-electron chi connectivity index (χ4n) is 3.44. The van der Waals surface area contributed by atoms with E-state index in [9.17, 15) is 13.2 Å². The third kappa shape index (κ3) is 5.12. The molecule has 1 aromatic carbocycles. The van der Waals surface area contributed by atoms with Crippen molar-refractivity contribution in [1.29, 1.82) is 0 Å². The van der Waals surface area contributed by atoms with Crippen LogP contribution in [0.1, 0.15) is 37.6 Å². The second-order valence-electron chi connectivity index (χ2n) is 7.34. The van der Waals surface area contributed by atoms with Gasteiger partial charge in [0, 0.05) is 25.6 Å². The Hall–Kier alpha value is -2.04. The van der Waals surface area contributed by atoms with Crippen LogP contribution in [0.15, 0.2) is 29.2 Å². The van der Waals surface area contributed by atoms with Crippen molar-refractivity contribution in [2.45, 2.75) is 57.0 Å². The van der Waals surface area contributed by atoms with Gasteiger partial charge in [0.05, 0.1) is 4.90 Å². The highest BCUT2D eigenvalue weighted by molar-refractivity contribution is 7.89. The maximum absolute atomic E-state index is 12.8. The molecular formula is C19H27N5O3S2. The van der Waals surface area contributed by atoms with E-state index in [1.165, 1.54) is 4.31 Å². The molecule has 10 heteroatoms. The van der Waals surface area contributed by atoms with Crippen LogP contribution in [0.5, 0.6) is 0 Å². The fourth-order valence-corrected chi connectivity index (χ4v) is 5.13. The molecule has 0 radical (unpaired) electrons. The monoisotopic (exact) mass is 437 g/mol. The van der Waals surface area contributed by atoms with Crippen molar-refractivity contribution in [3.63, 3.8) is 0 Å². The van der Waals surface area contributed by atoms with Crippen molar-refractivity contribution >= 4 is 28.1 Å². The molecule has 1 aliphatic heterocycles. The van der Waals surface area contributed by atoms with Gasteiger partial charge in [0.2, 0.25) is 15.9 Å². The molecule has 1 amide bonds. The summed E-state index contributed by atoms with van der Waals surface area (Å²) >= 11 is 5.21. The van der Waals surface area contributed by atoms with Gasteiger partial charge in [-0.1, -0.05) is 24.6 Å². The average molecular weight is 438 g/mol. The van der Waals surface area contributed by atoms with Crippen LogP contribution < -0.4 is 5.32 Å². The van der Waals surface area contributed by atoms with Crippen LogP contribution in [0, 0.1) is 11.7 Å². The SMILES string of the molecule is CCCc1n[nH]c(=S)n1CC(=O)NC1CCN(S(=O)(=O)c2ccc(C)cc2)CC1. The van der Waals surface area contributed by atoms with Gasteiger partial charge in [0.1, 0.15) is 12.4 Å². The fraction of sp³-hybridized carbons (Fsp3) is 0.526. The van der Waals surface area contributed by atoms with E-state index < -0.39 is 10.0 Å². The predicted octanol–water partition coefficient (Wildman–Crippen LogP) is 2.17. The van der Waals surface area contributed by atoms with Gasteiger partial charge in [0.15, 0.2) is 4.77 Å². The van der Waals surface area contributed by atoms with E-state index in [-0.39, 0.29) is 18.5 Å². The van der Waals surface area contributed by atoms with Crippen LogP contribution in [-0.2, 0) is 27.8 Å². The van der Waals surface area contributed by atoms with Gasteiger partial charge in [-0.15, -0.1) is 0 Å². The number of aryl methyl sites for hydroxylation is 2. The Kier molecular flexibility index (Phi) is 6.86. The molecular weight excluding hydrogens is 410 g/mol. The highest BCUT2D eigenvalue weighted by Crippen LogP contribution is 2.21. The largest absolute Gasteiger partial charge is 0.352 e. The van der Waals surface area contributed by atoms with E-state index >= 15 is 0 Å². The molecule has 1 aliphatic rings. The molecule has 1 saturated heterocycles. The molecule has 8 nitrogen and oxygen atoms in total. The van der Waals surface area contributed by atoms with E-state index in [0.29, 0.717) is 35.6 Å². The zero-order valence-corrected chi connectivity index (χ0v) is 18.4. The van der Waals surface area contributed by atoms with Crippen molar-refractivity contribution < 1.29 is 13.2 Å². The summed E-state index contributed by atoms with van der Waals surface area (Å²) in [5, 5.41) is 9.91. The van der Waals surface area contributed by atoms with Crippen molar-refractivity contribution in [3.8, 4) is 0 Å². The zero-order chi connectivity index (χ0) is 21.0. The van der Waals surface area contributed by atoms with E-state index in [2.05, 4.69) is 15.5 Å². The molecule has 0 bridgehead atoms. The van der Waals surface area contributed by atoms with Crippen LogP contribution in [-0.4, -0.2) is 52.5 Å². The Morgan fingerprint density at radius 3 is 2.55 bits per heavy atom. The molecule has 29 heavy (non-hydrogen) atoms. The second-order valence-corrected chi connectivity index (χ2v) is 9.66. The first-order valence-corrected chi connectivity index (χ1v) is 11.7. The van der Waals surface area contributed by atoms with E-state index in [0.717, 1.165) is 24.2 Å². The minimum absolute atomic E-state index is 0.0531. The molecule has 0 unspecified atom stereocenters. The van der Waals surface area contributed by atoms with Crippen molar-refractivity contribution in [3.05, 3.63) is 40.4 Å². The van der Waals surface area contributed by atoms with Gasteiger partial charge in [-0.3, -0.25) is 14.5 Å². The van der Waals surface area contributed by atoms with E-state index in [1.54, 1.807) is 28.8 Å². The molecule has 0 spiro atoms. The minimum atomic E-state index is -3.50. The maximum Gasteiger partial charge on any atom is 0.243 e. The van der Waals surface area contributed by atoms with Gasteiger partial charge in [-0.25, -0.2) is 8.42 Å². The number of carbonyl (C=O) groups excluding carboxylic acids is 1. The molecule has 158 valence electrons. The maximum atomic E-state index is 12.8. The number of sulfonamides is 1. The number of aromatic nitrogens is 3. The van der Waals surface area contributed by atoms with Crippen molar-refractivity contribution in [2.75, 3.05) is 13.1 Å². The molecule has 0 saturated carbocycles. The number of aromatic amines is 1.